The first-order chi connectivity index (χ1) is 17.3. The van der Waals surface area contributed by atoms with E-state index in [1.54, 1.807) is 11.3 Å². The number of aliphatic imine (C=N–C) groups is 1. The summed E-state index contributed by atoms with van der Waals surface area (Å²) in [4.78, 5) is 24.5. The molecule has 4 aromatic rings. The molecule has 0 amide bonds. The molecule has 8 nitrogen and oxygen atoms in total. The smallest absolute Gasteiger partial charge is 0.306 e. The van der Waals surface area contributed by atoms with Crippen molar-refractivity contribution in [2.24, 2.45) is 4.99 Å². The van der Waals surface area contributed by atoms with Crippen molar-refractivity contribution in [3.05, 3.63) is 87.6 Å². The zero-order chi connectivity index (χ0) is 25.4. The summed E-state index contributed by atoms with van der Waals surface area (Å²) < 4.78 is 1.98. The molecule has 36 heavy (non-hydrogen) atoms. The topological polar surface area (TPSA) is 96.5 Å². The number of fused-ring (bicyclic) bond motifs is 3. The van der Waals surface area contributed by atoms with E-state index < -0.39 is 12.0 Å². The molecule has 1 aliphatic rings. The molecule has 1 atom stereocenters. The molecule has 3 aromatic heterocycles. The van der Waals surface area contributed by atoms with Crippen LogP contribution in [0.15, 0.2) is 53.7 Å². The standard InChI is InChI=1S/C27H28N6O2S/c1-16-17(2)36-27-24(16)25(29-22(15-23(34)35)26-31-30-18(3)33(26)27)19-8-10-21(11-9-19)32(4)14-12-20-7-5-6-13-28-20/h5-11,13,22H,12,14-15H2,1-4H3,(H,34,35)/t22-/m0/s1. The number of nitrogens with zero attached hydrogens (tertiary/aromatic N) is 6. The molecule has 0 radical (unpaired) electrons. The maximum atomic E-state index is 11.7. The highest BCUT2D eigenvalue weighted by Crippen LogP contribution is 2.39. The van der Waals surface area contributed by atoms with Crippen LogP contribution in [0.1, 0.15) is 51.4 Å². The molecule has 184 valence electrons. The van der Waals surface area contributed by atoms with Gasteiger partial charge in [0.25, 0.3) is 0 Å². The number of benzene rings is 1. The Labute approximate surface area is 214 Å². The van der Waals surface area contributed by atoms with Gasteiger partial charge in [0.05, 0.1) is 12.1 Å². The predicted molar refractivity (Wildman–Crippen MR) is 142 cm³/mol. The fourth-order valence-corrected chi connectivity index (χ4v) is 5.74. The second-order valence-electron chi connectivity index (χ2n) is 9.04. The molecule has 1 N–H and O–H groups in total. The Morgan fingerprint density at radius 2 is 1.89 bits per heavy atom. The van der Waals surface area contributed by atoms with Crippen molar-refractivity contribution in [2.75, 3.05) is 18.5 Å². The Bertz CT molecular complexity index is 1440. The Balaban J connectivity index is 1.51. The van der Waals surface area contributed by atoms with Crippen LogP contribution in [0.5, 0.6) is 0 Å². The SMILES string of the molecule is Cc1sc2c(c1C)C(c1ccc(N(C)CCc3ccccn3)cc1)=N[C@@H](CC(=O)O)c1nnc(C)n1-2. The van der Waals surface area contributed by atoms with Crippen molar-refractivity contribution in [2.45, 2.75) is 39.7 Å². The molecule has 5 rings (SSSR count). The number of rotatable bonds is 7. The first kappa shape index (κ1) is 23.9. The lowest BCUT2D eigenvalue weighted by atomic mass is 9.99. The van der Waals surface area contributed by atoms with Gasteiger partial charge in [0.1, 0.15) is 16.9 Å². The monoisotopic (exact) mass is 500 g/mol. The normalized spacial score (nSPS) is 14.6. The number of hydrogen-bond acceptors (Lipinski definition) is 7. The Morgan fingerprint density at radius 1 is 1.11 bits per heavy atom. The second kappa shape index (κ2) is 9.66. The van der Waals surface area contributed by atoms with Gasteiger partial charge in [-0.05, 0) is 50.6 Å². The average molecular weight is 501 g/mol. The van der Waals surface area contributed by atoms with E-state index in [1.807, 2.05) is 35.9 Å². The highest BCUT2D eigenvalue weighted by molar-refractivity contribution is 7.15. The van der Waals surface area contributed by atoms with Crippen molar-refractivity contribution in [3.8, 4) is 5.00 Å². The number of hydrogen-bond donors (Lipinski definition) is 1. The van der Waals surface area contributed by atoms with Crippen LogP contribution in [0.2, 0.25) is 0 Å². The number of carboxylic acids is 1. The van der Waals surface area contributed by atoms with Crippen LogP contribution in [-0.2, 0) is 11.2 Å². The minimum absolute atomic E-state index is 0.150. The van der Waals surface area contributed by atoms with E-state index >= 15 is 0 Å². The summed E-state index contributed by atoms with van der Waals surface area (Å²) in [6.07, 6.45) is 2.53. The number of anilines is 1. The van der Waals surface area contributed by atoms with Crippen LogP contribution in [-0.4, -0.2) is 50.1 Å². The van der Waals surface area contributed by atoms with Crippen LogP contribution in [0, 0.1) is 20.8 Å². The van der Waals surface area contributed by atoms with E-state index in [2.05, 4.69) is 65.2 Å². The summed E-state index contributed by atoms with van der Waals surface area (Å²) in [5.41, 5.74) is 6.07. The number of aryl methyl sites for hydroxylation is 2. The number of aliphatic carboxylic acids is 1. The summed E-state index contributed by atoms with van der Waals surface area (Å²) in [5.74, 6) is 0.376. The Hall–Kier alpha value is -3.85. The summed E-state index contributed by atoms with van der Waals surface area (Å²) in [5, 5.41) is 19.2. The lowest BCUT2D eigenvalue weighted by Crippen LogP contribution is -2.20. The lowest BCUT2D eigenvalue weighted by Gasteiger charge is -2.20. The van der Waals surface area contributed by atoms with Gasteiger partial charge in [0.2, 0.25) is 0 Å². The van der Waals surface area contributed by atoms with Crippen LogP contribution in [0.25, 0.3) is 5.00 Å². The predicted octanol–water partition coefficient (Wildman–Crippen LogP) is 4.69. The van der Waals surface area contributed by atoms with Crippen molar-refractivity contribution in [3.63, 3.8) is 0 Å². The van der Waals surface area contributed by atoms with E-state index in [9.17, 15) is 9.90 Å². The highest BCUT2D eigenvalue weighted by atomic mass is 32.1. The quantitative estimate of drug-likeness (QED) is 0.395. The molecule has 0 unspecified atom stereocenters. The van der Waals surface area contributed by atoms with Gasteiger partial charge in [-0.25, -0.2) is 0 Å². The molecule has 0 aliphatic carbocycles. The maximum Gasteiger partial charge on any atom is 0.306 e. The number of pyridine rings is 1. The van der Waals surface area contributed by atoms with E-state index in [4.69, 9.17) is 4.99 Å². The Morgan fingerprint density at radius 3 is 2.58 bits per heavy atom. The molecule has 9 heteroatoms. The van der Waals surface area contributed by atoms with Gasteiger partial charge in [0.15, 0.2) is 5.82 Å². The van der Waals surface area contributed by atoms with Crippen molar-refractivity contribution < 1.29 is 9.90 Å². The van der Waals surface area contributed by atoms with Gasteiger partial charge in [-0.15, -0.1) is 21.5 Å². The first-order valence-corrected chi connectivity index (χ1v) is 12.7. The summed E-state index contributed by atoms with van der Waals surface area (Å²) in [7, 11) is 2.07. The van der Waals surface area contributed by atoms with Gasteiger partial charge >= 0.3 is 5.97 Å². The van der Waals surface area contributed by atoms with E-state index in [0.29, 0.717) is 5.82 Å². The largest absolute Gasteiger partial charge is 0.481 e. The van der Waals surface area contributed by atoms with E-state index in [0.717, 1.165) is 57.6 Å². The van der Waals surface area contributed by atoms with Gasteiger partial charge in [-0.2, -0.15) is 0 Å². The zero-order valence-electron chi connectivity index (χ0n) is 20.8. The van der Waals surface area contributed by atoms with Gasteiger partial charge < -0.3 is 10.0 Å². The molecular formula is C27H28N6O2S. The minimum Gasteiger partial charge on any atom is -0.481 e. The molecule has 0 spiro atoms. The summed E-state index contributed by atoms with van der Waals surface area (Å²) >= 11 is 1.66. The average Bonchev–Trinajstić information content (AvgIpc) is 3.35. The third kappa shape index (κ3) is 4.42. The molecule has 1 aromatic carbocycles. The third-order valence-corrected chi connectivity index (χ3v) is 7.81. The third-order valence-electron chi connectivity index (χ3n) is 6.62. The molecule has 0 fully saturated rings. The minimum atomic E-state index is -0.918. The molecule has 1 aliphatic heterocycles. The van der Waals surface area contributed by atoms with E-state index in [1.165, 1.54) is 4.88 Å². The highest BCUT2D eigenvalue weighted by Gasteiger charge is 2.32. The maximum absolute atomic E-state index is 11.7. The molecule has 0 saturated carbocycles. The zero-order valence-corrected chi connectivity index (χ0v) is 21.6. The lowest BCUT2D eigenvalue weighted by molar-refractivity contribution is -0.137. The van der Waals surface area contributed by atoms with Crippen molar-refractivity contribution in [1.29, 1.82) is 0 Å². The fourth-order valence-electron chi connectivity index (χ4n) is 4.52. The first-order valence-electron chi connectivity index (χ1n) is 11.9. The van der Waals surface area contributed by atoms with Gasteiger partial charge in [0, 0.05) is 53.6 Å². The number of likely N-dealkylation sites (N-methyl/N-ethyl adjacent to an activating group) is 1. The molecular weight excluding hydrogens is 472 g/mol. The van der Waals surface area contributed by atoms with Gasteiger partial charge in [-0.1, -0.05) is 18.2 Å². The fraction of sp³-hybridized carbons (Fsp3) is 0.296. The van der Waals surface area contributed by atoms with Crippen LogP contribution in [0.4, 0.5) is 5.69 Å². The van der Waals surface area contributed by atoms with E-state index in [-0.39, 0.29) is 6.42 Å². The molecule has 0 saturated heterocycles. The van der Waals surface area contributed by atoms with Crippen LogP contribution < -0.4 is 4.90 Å². The summed E-state index contributed by atoms with van der Waals surface area (Å²) in [6, 6.07) is 13.7. The van der Waals surface area contributed by atoms with Crippen molar-refractivity contribution >= 4 is 28.7 Å². The molecule has 0 bridgehead atoms. The van der Waals surface area contributed by atoms with Crippen LogP contribution >= 0.6 is 11.3 Å². The summed E-state index contributed by atoms with van der Waals surface area (Å²) in [6.45, 7) is 6.93. The Kier molecular flexibility index (Phi) is 6.40. The van der Waals surface area contributed by atoms with Crippen molar-refractivity contribution in [1.82, 2.24) is 19.7 Å². The number of aromatic nitrogens is 4. The second-order valence-corrected chi connectivity index (χ2v) is 10.2. The number of thiophene rings is 1. The van der Waals surface area contributed by atoms with Gasteiger partial charge in [-0.3, -0.25) is 19.3 Å². The molecule has 4 heterocycles. The van der Waals surface area contributed by atoms with Crippen LogP contribution in [0.3, 0.4) is 0 Å². The number of carboxylic acid groups (broad SMARTS) is 1. The number of carbonyl (C=O) groups is 1.